The Balaban J connectivity index is 2.08. The number of carbonyl (C=O) groups is 2. The van der Waals surface area contributed by atoms with Crippen LogP contribution >= 0.6 is 0 Å². The molecule has 1 fully saturated rings. The van der Waals surface area contributed by atoms with Crippen LogP contribution in [0.25, 0.3) is 0 Å². The van der Waals surface area contributed by atoms with Gasteiger partial charge in [-0.2, -0.15) is 0 Å². The molecule has 3 N–H and O–H groups in total. The van der Waals surface area contributed by atoms with Crippen LogP contribution in [0, 0.1) is 17.0 Å². The van der Waals surface area contributed by atoms with E-state index in [0.717, 1.165) is 12.1 Å². The minimum absolute atomic E-state index is 0.142. The standard InChI is InChI=1S/C19H27F2N3O3/c1-5-24(11-15(25)23-16-12(20)8-7-9-13(16)21)17(26)19(22)10-14(27-6-2)18(19,3)4/h7-9,14H,5-6,10-11,22H2,1-4H3,(H,23,25). The summed E-state index contributed by atoms with van der Waals surface area (Å²) in [4.78, 5) is 26.5. The molecule has 6 nitrogen and oxygen atoms in total. The fourth-order valence-electron chi connectivity index (χ4n) is 3.38. The van der Waals surface area contributed by atoms with Gasteiger partial charge in [-0.15, -0.1) is 0 Å². The van der Waals surface area contributed by atoms with E-state index in [1.165, 1.54) is 11.0 Å². The zero-order valence-corrected chi connectivity index (χ0v) is 16.1. The van der Waals surface area contributed by atoms with Crippen LogP contribution in [0.5, 0.6) is 0 Å². The Bertz CT molecular complexity index is 706. The Labute approximate surface area is 158 Å². The number of amides is 2. The Morgan fingerprint density at radius 1 is 1.30 bits per heavy atom. The number of nitrogens with zero attached hydrogens (tertiary/aromatic N) is 1. The first-order chi connectivity index (χ1) is 12.6. The summed E-state index contributed by atoms with van der Waals surface area (Å²) in [6, 6.07) is 3.29. The Morgan fingerprint density at radius 3 is 2.37 bits per heavy atom. The van der Waals surface area contributed by atoms with Crippen molar-refractivity contribution in [2.24, 2.45) is 11.1 Å². The van der Waals surface area contributed by atoms with E-state index < -0.39 is 34.2 Å². The van der Waals surface area contributed by atoms with Gasteiger partial charge in [0.15, 0.2) is 0 Å². The van der Waals surface area contributed by atoms with Gasteiger partial charge >= 0.3 is 0 Å². The fourth-order valence-corrected chi connectivity index (χ4v) is 3.38. The van der Waals surface area contributed by atoms with Crippen molar-refractivity contribution in [3.8, 4) is 0 Å². The second-order valence-corrected chi connectivity index (χ2v) is 7.31. The Hall–Kier alpha value is -2.06. The molecule has 2 atom stereocenters. The fraction of sp³-hybridized carbons (Fsp3) is 0.579. The van der Waals surface area contributed by atoms with Crippen molar-refractivity contribution in [3.63, 3.8) is 0 Å². The summed E-state index contributed by atoms with van der Waals surface area (Å²) < 4.78 is 33.0. The Kier molecular flexibility index (Phi) is 6.21. The largest absolute Gasteiger partial charge is 0.378 e. The van der Waals surface area contributed by atoms with Crippen LogP contribution in [-0.2, 0) is 14.3 Å². The second kappa shape index (κ2) is 7.90. The minimum Gasteiger partial charge on any atom is -0.378 e. The molecular weight excluding hydrogens is 356 g/mol. The molecule has 0 bridgehead atoms. The molecule has 0 radical (unpaired) electrons. The summed E-state index contributed by atoms with van der Waals surface area (Å²) in [7, 11) is 0. The van der Waals surface area contributed by atoms with Crippen molar-refractivity contribution in [2.75, 3.05) is 25.0 Å². The number of benzene rings is 1. The van der Waals surface area contributed by atoms with E-state index in [1.807, 2.05) is 20.8 Å². The molecule has 0 spiro atoms. The second-order valence-electron chi connectivity index (χ2n) is 7.31. The molecule has 2 unspecified atom stereocenters. The number of halogens is 2. The number of hydrogen-bond acceptors (Lipinski definition) is 4. The molecule has 0 aromatic heterocycles. The number of para-hydroxylation sites is 1. The molecule has 0 saturated heterocycles. The van der Waals surface area contributed by atoms with Crippen LogP contribution < -0.4 is 11.1 Å². The lowest BCUT2D eigenvalue weighted by Crippen LogP contribution is -2.76. The predicted molar refractivity (Wildman–Crippen MR) is 98.0 cm³/mol. The van der Waals surface area contributed by atoms with E-state index >= 15 is 0 Å². The van der Waals surface area contributed by atoms with Crippen molar-refractivity contribution < 1.29 is 23.1 Å². The number of carbonyl (C=O) groups excluding carboxylic acids is 2. The summed E-state index contributed by atoms with van der Waals surface area (Å²) in [5, 5.41) is 2.19. The van der Waals surface area contributed by atoms with E-state index in [9.17, 15) is 18.4 Å². The smallest absolute Gasteiger partial charge is 0.244 e. The predicted octanol–water partition coefficient (Wildman–Crippen LogP) is 2.28. The third-order valence-electron chi connectivity index (χ3n) is 5.44. The lowest BCUT2D eigenvalue weighted by Gasteiger charge is -2.58. The summed E-state index contributed by atoms with van der Waals surface area (Å²) in [6.45, 7) is 7.71. The molecule has 1 saturated carbocycles. The Morgan fingerprint density at radius 2 is 1.89 bits per heavy atom. The zero-order valence-electron chi connectivity index (χ0n) is 16.1. The maximum absolute atomic E-state index is 13.7. The van der Waals surface area contributed by atoms with E-state index in [2.05, 4.69) is 5.32 Å². The third-order valence-corrected chi connectivity index (χ3v) is 5.44. The van der Waals surface area contributed by atoms with Crippen molar-refractivity contribution in [1.29, 1.82) is 0 Å². The normalized spacial score (nSPS) is 23.4. The van der Waals surface area contributed by atoms with E-state index in [1.54, 1.807) is 6.92 Å². The van der Waals surface area contributed by atoms with E-state index in [-0.39, 0.29) is 25.1 Å². The monoisotopic (exact) mass is 383 g/mol. The molecule has 0 aliphatic heterocycles. The average molecular weight is 383 g/mol. The van der Waals surface area contributed by atoms with Gasteiger partial charge in [-0.25, -0.2) is 8.78 Å². The van der Waals surface area contributed by atoms with Crippen molar-refractivity contribution in [1.82, 2.24) is 4.90 Å². The number of anilines is 1. The molecule has 0 heterocycles. The summed E-state index contributed by atoms with van der Waals surface area (Å²) >= 11 is 0. The number of ether oxygens (including phenoxy) is 1. The lowest BCUT2D eigenvalue weighted by molar-refractivity contribution is -0.179. The molecule has 2 amide bonds. The summed E-state index contributed by atoms with van der Waals surface area (Å²) in [6.07, 6.45) is 0.212. The quantitative estimate of drug-likeness (QED) is 0.757. The molecule has 150 valence electrons. The third kappa shape index (κ3) is 3.82. The van der Waals surface area contributed by atoms with Gasteiger partial charge in [-0.3, -0.25) is 9.59 Å². The highest BCUT2D eigenvalue weighted by Gasteiger charge is 2.63. The first kappa shape index (κ1) is 21.2. The maximum atomic E-state index is 13.7. The highest BCUT2D eigenvalue weighted by atomic mass is 19.1. The van der Waals surface area contributed by atoms with Gasteiger partial charge in [0.05, 0.1) is 12.6 Å². The molecule has 1 aliphatic carbocycles. The van der Waals surface area contributed by atoms with E-state index in [0.29, 0.717) is 13.0 Å². The molecule has 1 aliphatic rings. The maximum Gasteiger partial charge on any atom is 0.244 e. The minimum atomic E-state index is -1.16. The first-order valence-electron chi connectivity index (χ1n) is 9.02. The van der Waals surface area contributed by atoms with Crippen molar-refractivity contribution in [2.45, 2.75) is 45.8 Å². The molecule has 2 rings (SSSR count). The van der Waals surface area contributed by atoms with Gasteiger partial charge in [0, 0.05) is 25.0 Å². The van der Waals surface area contributed by atoms with Crippen molar-refractivity contribution >= 4 is 17.5 Å². The van der Waals surface area contributed by atoms with Crippen LogP contribution in [0.15, 0.2) is 18.2 Å². The highest BCUT2D eigenvalue weighted by Crippen LogP contribution is 2.50. The summed E-state index contributed by atoms with van der Waals surface area (Å²) in [5.41, 5.74) is 4.09. The van der Waals surface area contributed by atoms with Crippen molar-refractivity contribution in [3.05, 3.63) is 29.8 Å². The topological polar surface area (TPSA) is 84.7 Å². The van der Waals surface area contributed by atoms with Gasteiger partial charge in [0.2, 0.25) is 11.8 Å². The lowest BCUT2D eigenvalue weighted by atomic mass is 9.54. The average Bonchev–Trinajstić information content (AvgIpc) is 2.62. The molecule has 1 aromatic rings. The molecule has 8 heteroatoms. The van der Waals surface area contributed by atoms with Crippen LogP contribution in [0.1, 0.15) is 34.1 Å². The molecule has 1 aromatic carbocycles. The van der Waals surface area contributed by atoms with Crippen LogP contribution in [0.4, 0.5) is 14.5 Å². The number of rotatable bonds is 7. The van der Waals surface area contributed by atoms with Gasteiger partial charge in [0.1, 0.15) is 22.9 Å². The highest BCUT2D eigenvalue weighted by molar-refractivity contribution is 5.97. The zero-order chi connectivity index (χ0) is 20.4. The number of hydrogen-bond donors (Lipinski definition) is 2. The van der Waals surface area contributed by atoms with E-state index in [4.69, 9.17) is 10.5 Å². The van der Waals surface area contributed by atoms with Crippen LogP contribution in [0.3, 0.4) is 0 Å². The number of nitrogens with two attached hydrogens (primary N) is 1. The number of likely N-dealkylation sites (N-methyl/N-ethyl adjacent to an activating group) is 1. The van der Waals surface area contributed by atoms with Gasteiger partial charge < -0.3 is 20.7 Å². The van der Waals surface area contributed by atoms with Crippen LogP contribution in [-0.4, -0.2) is 48.1 Å². The van der Waals surface area contributed by atoms with Gasteiger partial charge in [-0.05, 0) is 26.0 Å². The number of nitrogens with one attached hydrogen (secondary N) is 1. The first-order valence-corrected chi connectivity index (χ1v) is 9.02. The van der Waals surface area contributed by atoms with Crippen LogP contribution in [0.2, 0.25) is 0 Å². The molecular formula is C19H27F2N3O3. The van der Waals surface area contributed by atoms with Gasteiger partial charge in [-0.1, -0.05) is 19.9 Å². The van der Waals surface area contributed by atoms with Gasteiger partial charge in [0.25, 0.3) is 0 Å². The molecule has 27 heavy (non-hydrogen) atoms. The summed E-state index contributed by atoms with van der Waals surface area (Å²) in [5.74, 6) is -2.84. The SMILES string of the molecule is CCOC1CC(N)(C(=O)N(CC)CC(=O)Nc2c(F)cccc2F)C1(C)C.